The van der Waals surface area contributed by atoms with Gasteiger partial charge in [-0.15, -0.1) is 0 Å². The zero-order chi connectivity index (χ0) is 21.6. The van der Waals surface area contributed by atoms with Crippen LogP contribution in [0.1, 0.15) is 38.2 Å². The first kappa shape index (κ1) is 22.1. The Morgan fingerprint density at radius 3 is 2.81 bits per heavy atom. The minimum Gasteiger partial charge on any atom is -0.373 e. The Labute approximate surface area is 186 Å². The predicted molar refractivity (Wildman–Crippen MR) is 123 cm³/mol. The molecule has 0 spiro atoms. The number of hydrogen-bond donors (Lipinski definition) is 1. The normalized spacial score (nSPS) is 27.3. The fourth-order valence-corrected chi connectivity index (χ4v) is 5.17. The van der Waals surface area contributed by atoms with Crippen LogP contribution in [0, 0.1) is 0 Å². The number of nitrogens with zero attached hydrogens (tertiary/aromatic N) is 4. The fourth-order valence-electron chi connectivity index (χ4n) is 5.17. The van der Waals surface area contributed by atoms with Gasteiger partial charge in [0.05, 0.1) is 18.8 Å². The summed E-state index contributed by atoms with van der Waals surface area (Å²) in [6.07, 6.45) is 4.20. The highest BCUT2D eigenvalue weighted by Crippen LogP contribution is 2.24. The van der Waals surface area contributed by atoms with Crippen molar-refractivity contribution in [1.82, 2.24) is 20.0 Å². The van der Waals surface area contributed by atoms with Crippen LogP contribution in [0.2, 0.25) is 0 Å². The average molecular weight is 428 g/mol. The standard InChI is InChI=1S/C24H37N5O2/c1-19-8-6-7-13-29(19)23(30)11-12-26-24(25-2)28-17-21-22(18-28)31-15-14-27(21)16-20-9-4-3-5-10-20/h3-5,9-10,19,21-22H,6-8,11-18H2,1-2H3,(H,25,26). The lowest BCUT2D eigenvalue weighted by Crippen LogP contribution is -2.50. The molecule has 170 valence electrons. The van der Waals surface area contributed by atoms with E-state index >= 15 is 0 Å². The third-order valence-electron chi connectivity index (χ3n) is 6.90. The first-order valence-electron chi connectivity index (χ1n) is 11.8. The zero-order valence-electron chi connectivity index (χ0n) is 19.0. The summed E-state index contributed by atoms with van der Waals surface area (Å²) in [6.45, 7) is 8.11. The first-order chi connectivity index (χ1) is 15.2. The molecule has 0 radical (unpaired) electrons. The number of piperidine rings is 1. The van der Waals surface area contributed by atoms with Gasteiger partial charge in [0.1, 0.15) is 0 Å². The Bertz CT molecular complexity index is 756. The number of benzene rings is 1. The number of likely N-dealkylation sites (tertiary alicyclic amines) is 2. The monoisotopic (exact) mass is 427 g/mol. The molecule has 0 saturated carbocycles. The van der Waals surface area contributed by atoms with E-state index in [4.69, 9.17) is 4.74 Å². The van der Waals surface area contributed by atoms with Gasteiger partial charge in [0.25, 0.3) is 0 Å². The zero-order valence-corrected chi connectivity index (χ0v) is 19.0. The van der Waals surface area contributed by atoms with Gasteiger partial charge in [-0.3, -0.25) is 14.7 Å². The third kappa shape index (κ3) is 5.39. The number of rotatable bonds is 5. The maximum atomic E-state index is 12.6. The smallest absolute Gasteiger partial charge is 0.224 e. The fraction of sp³-hybridized carbons (Fsp3) is 0.667. The van der Waals surface area contributed by atoms with Gasteiger partial charge in [-0.2, -0.15) is 0 Å². The molecule has 1 aromatic carbocycles. The Kier molecular flexibility index (Phi) is 7.45. The summed E-state index contributed by atoms with van der Waals surface area (Å²) in [5, 5.41) is 3.42. The molecule has 31 heavy (non-hydrogen) atoms. The molecular formula is C24H37N5O2. The maximum absolute atomic E-state index is 12.6. The molecule has 0 bridgehead atoms. The summed E-state index contributed by atoms with van der Waals surface area (Å²) in [6, 6.07) is 11.4. The average Bonchev–Trinajstić information content (AvgIpc) is 3.23. The Morgan fingerprint density at radius 2 is 2.03 bits per heavy atom. The van der Waals surface area contributed by atoms with Gasteiger partial charge in [-0.05, 0) is 31.7 Å². The molecule has 3 fully saturated rings. The molecule has 3 aliphatic heterocycles. The number of aliphatic imine (C=N–C) groups is 1. The van der Waals surface area contributed by atoms with Crippen molar-refractivity contribution in [2.45, 2.75) is 57.3 Å². The number of hydrogen-bond acceptors (Lipinski definition) is 4. The highest BCUT2D eigenvalue weighted by Gasteiger charge is 2.41. The minimum absolute atomic E-state index is 0.201. The van der Waals surface area contributed by atoms with Crippen LogP contribution in [-0.2, 0) is 16.1 Å². The second-order valence-electron chi connectivity index (χ2n) is 8.99. The van der Waals surface area contributed by atoms with Crippen LogP contribution >= 0.6 is 0 Å². The molecule has 0 aliphatic carbocycles. The molecule has 3 atom stereocenters. The van der Waals surface area contributed by atoms with Crippen molar-refractivity contribution in [2.24, 2.45) is 4.99 Å². The van der Waals surface area contributed by atoms with Gasteiger partial charge in [-0.1, -0.05) is 30.3 Å². The lowest BCUT2D eigenvalue weighted by Gasteiger charge is -2.36. The van der Waals surface area contributed by atoms with Crippen molar-refractivity contribution < 1.29 is 9.53 Å². The number of carbonyl (C=O) groups is 1. The Morgan fingerprint density at radius 1 is 1.19 bits per heavy atom. The maximum Gasteiger partial charge on any atom is 0.224 e. The van der Waals surface area contributed by atoms with E-state index in [0.29, 0.717) is 25.0 Å². The predicted octanol–water partition coefficient (Wildman–Crippen LogP) is 1.94. The number of nitrogens with one attached hydrogen (secondary N) is 1. The Hall–Kier alpha value is -2.12. The first-order valence-corrected chi connectivity index (χ1v) is 11.8. The van der Waals surface area contributed by atoms with E-state index in [9.17, 15) is 4.79 Å². The summed E-state index contributed by atoms with van der Waals surface area (Å²) >= 11 is 0. The van der Waals surface area contributed by atoms with Crippen LogP contribution in [0.25, 0.3) is 0 Å². The van der Waals surface area contributed by atoms with Crippen LogP contribution in [0.3, 0.4) is 0 Å². The van der Waals surface area contributed by atoms with Crippen LogP contribution < -0.4 is 5.32 Å². The summed E-state index contributed by atoms with van der Waals surface area (Å²) in [5.74, 6) is 1.12. The minimum atomic E-state index is 0.201. The molecule has 3 saturated heterocycles. The second kappa shape index (κ2) is 10.5. The van der Waals surface area contributed by atoms with Crippen molar-refractivity contribution in [2.75, 3.05) is 46.4 Å². The quantitative estimate of drug-likeness (QED) is 0.575. The molecule has 7 nitrogen and oxygen atoms in total. The van der Waals surface area contributed by atoms with Gasteiger partial charge in [0.15, 0.2) is 5.96 Å². The lowest BCUT2D eigenvalue weighted by atomic mass is 10.0. The molecule has 3 unspecified atom stereocenters. The van der Waals surface area contributed by atoms with E-state index in [0.717, 1.165) is 58.1 Å². The van der Waals surface area contributed by atoms with Crippen molar-refractivity contribution in [3.05, 3.63) is 35.9 Å². The van der Waals surface area contributed by atoms with Gasteiger partial charge in [-0.25, -0.2) is 0 Å². The highest BCUT2D eigenvalue weighted by molar-refractivity contribution is 5.82. The van der Waals surface area contributed by atoms with Gasteiger partial charge in [0, 0.05) is 58.8 Å². The van der Waals surface area contributed by atoms with Gasteiger partial charge in [0.2, 0.25) is 5.91 Å². The van der Waals surface area contributed by atoms with E-state index in [1.165, 1.54) is 12.0 Å². The van der Waals surface area contributed by atoms with Gasteiger partial charge >= 0.3 is 0 Å². The number of amides is 1. The van der Waals surface area contributed by atoms with Crippen LogP contribution in [0.15, 0.2) is 35.3 Å². The van der Waals surface area contributed by atoms with Crippen molar-refractivity contribution in [3.8, 4) is 0 Å². The van der Waals surface area contributed by atoms with Crippen LogP contribution in [0.5, 0.6) is 0 Å². The van der Waals surface area contributed by atoms with Crippen LogP contribution in [0.4, 0.5) is 0 Å². The van der Waals surface area contributed by atoms with E-state index < -0.39 is 0 Å². The molecular weight excluding hydrogens is 390 g/mol. The molecule has 0 aromatic heterocycles. The highest BCUT2D eigenvalue weighted by atomic mass is 16.5. The van der Waals surface area contributed by atoms with E-state index in [1.807, 2.05) is 11.9 Å². The molecule has 7 heteroatoms. The molecule has 3 aliphatic rings. The number of morpholine rings is 1. The van der Waals surface area contributed by atoms with Gasteiger partial charge < -0.3 is 19.9 Å². The molecule has 1 aromatic rings. The summed E-state index contributed by atoms with van der Waals surface area (Å²) in [5.41, 5.74) is 1.34. The van der Waals surface area contributed by atoms with E-state index in [-0.39, 0.29) is 12.0 Å². The topological polar surface area (TPSA) is 60.4 Å². The van der Waals surface area contributed by atoms with E-state index in [1.54, 1.807) is 0 Å². The third-order valence-corrected chi connectivity index (χ3v) is 6.90. The largest absolute Gasteiger partial charge is 0.373 e. The number of guanidine groups is 1. The Balaban J connectivity index is 1.29. The van der Waals surface area contributed by atoms with Crippen molar-refractivity contribution >= 4 is 11.9 Å². The lowest BCUT2D eigenvalue weighted by molar-refractivity contribution is -0.134. The molecule has 4 rings (SSSR count). The number of fused-ring (bicyclic) bond motifs is 1. The molecule has 3 heterocycles. The molecule has 1 amide bonds. The SMILES string of the molecule is CN=C(NCCC(=O)N1CCCCC1C)N1CC2OCCN(Cc3ccccc3)C2C1. The summed E-state index contributed by atoms with van der Waals surface area (Å²) < 4.78 is 6.10. The van der Waals surface area contributed by atoms with Crippen molar-refractivity contribution in [3.63, 3.8) is 0 Å². The second-order valence-corrected chi connectivity index (χ2v) is 8.99. The number of carbonyl (C=O) groups excluding carboxylic acids is 1. The van der Waals surface area contributed by atoms with E-state index in [2.05, 4.69) is 57.4 Å². The molecule has 1 N–H and O–H groups in total. The van der Waals surface area contributed by atoms with Crippen molar-refractivity contribution in [1.29, 1.82) is 0 Å². The summed E-state index contributed by atoms with van der Waals surface area (Å²) in [7, 11) is 1.82. The number of ether oxygens (including phenoxy) is 1. The van der Waals surface area contributed by atoms with Crippen LogP contribution in [-0.4, -0.2) is 91.1 Å². The summed E-state index contributed by atoms with van der Waals surface area (Å²) in [4.78, 5) is 24.0.